The van der Waals surface area contributed by atoms with Crippen LogP contribution in [0.5, 0.6) is 11.6 Å². The smallest absolute Gasteiger partial charge is 0.410 e. The van der Waals surface area contributed by atoms with Gasteiger partial charge in [0.25, 0.3) is 5.88 Å². The summed E-state index contributed by atoms with van der Waals surface area (Å²) in [5.74, 6) is -4.67. The van der Waals surface area contributed by atoms with E-state index in [9.17, 15) is 18.7 Å². The molecule has 0 spiro atoms. The number of nitrogens with zero attached hydrogens (tertiary/aromatic N) is 3. The molecule has 1 fully saturated rings. The Morgan fingerprint density at radius 2 is 1.63 bits per heavy atom. The number of hydrogen-bond acceptors (Lipinski definition) is 6. The van der Waals surface area contributed by atoms with Gasteiger partial charge in [0.05, 0.1) is 17.3 Å². The first-order chi connectivity index (χ1) is 19.4. The molecule has 4 aromatic rings. The predicted molar refractivity (Wildman–Crippen MR) is 143 cm³/mol. The predicted octanol–water partition coefficient (Wildman–Crippen LogP) is 7.00. The zero-order valence-corrected chi connectivity index (χ0v) is 22.6. The normalized spacial score (nSPS) is 14.4. The van der Waals surface area contributed by atoms with E-state index in [2.05, 4.69) is 9.97 Å². The first-order valence-corrected chi connectivity index (χ1v) is 13.0. The van der Waals surface area contributed by atoms with Crippen LogP contribution in [0.25, 0.3) is 33.2 Å². The van der Waals surface area contributed by atoms with E-state index in [-0.39, 0.29) is 33.5 Å². The Kier molecular flexibility index (Phi) is 7.46. The zero-order valence-electron chi connectivity index (χ0n) is 22.6. The first-order valence-electron chi connectivity index (χ1n) is 13.0. The Labute approximate surface area is 233 Å². The lowest BCUT2D eigenvalue weighted by Crippen LogP contribution is -2.44. The molecule has 1 aliphatic heterocycles. The lowest BCUT2D eigenvalue weighted by Gasteiger charge is -2.33. The van der Waals surface area contributed by atoms with Gasteiger partial charge in [-0.3, -0.25) is 4.98 Å². The van der Waals surface area contributed by atoms with Crippen LogP contribution in [0.2, 0.25) is 0 Å². The Hall–Kier alpha value is -4.41. The number of rotatable bonds is 4. The highest BCUT2D eigenvalue weighted by molar-refractivity contribution is 6.07. The Bertz CT molecular complexity index is 1610. The molecule has 0 unspecified atom stereocenters. The zero-order chi connectivity index (χ0) is 29.5. The number of aromatic hydroxyl groups is 1. The van der Waals surface area contributed by atoms with Gasteiger partial charge in [-0.1, -0.05) is 6.07 Å². The third-order valence-electron chi connectivity index (χ3n) is 6.64. The number of amides is 1. The van der Waals surface area contributed by atoms with E-state index in [1.807, 2.05) is 0 Å². The topological polar surface area (TPSA) is 84.8 Å². The highest BCUT2D eigenvalue weighted by Gasteiger charge is 2.30. The van der Waals surface area contributed by atoms with Crippen LogP contribution < -0.4 is 4.74 Å². The summed E-state index contributed by atoms with van der Waals surface area (Å²) in [5.41, 5.74) is -1.54. The van der Waals surface area contributed by atoms with Gasteiger partial charge >= 0.3 is 6.09 Å². The van der Waals surface area contributed by atoms with E-state index in [4.69, 9.17) is 9.47 Å². The second-order valence-corrected chi connectivity index (χ2v) is 10.7. The van der Waals surface area contributed by atoms with Crippen molar-refractivity contribution in [1.29, 1.82) is 0 Å². The number of halogens is 4. The number of benzene rings is 2. The quantitative estimate of drug-likeness (QED) is 0.266. The fraction of sp³-hybridized carbons (Fsp3) is 0.300. The van der Waals surface area contributed by atoms with Crippen LogP contribution in [-0.2, 0) is 4.74 Å². The number of hydrogen-bond donors (Lipinski definition) is 1. The fourth-order valence-corrected chi connectivity index (χ4v) is 4.80. The second kappa shape index (κ2) is 10.9. The SMILES string of the molecule is CC(C)(C)OC(=O)N1CCC(Oc2nc3cncc(-c4ccc(F)cc4F)c3c(-c3c(F)cccc3F)c2O)CC1. The molecule has 11 heteroatoms. The number of aromatic nitrogens is 2. The Morgan fingerprint density at radius 3 is 2.27 bits per heavy atom. The van der Waals surface area contributed by atoms with Crippen LogP contribution in [0.4, 0.5) is 22.4 Å². The van der Waals surface area contributed by atoms with Crippen LogP contribution in [0.3, 0.4) is 0 Å². The van der Waals surface area contributed by atoms with Gasteiger partial charge in [0.1, 0.15) is 35.0 Å². The molecule has 1 amide bonds. The van der Waals surface area contributed by atoms with Crippen LogP contribution >= 0.6 is 0 Å². The number of ether oxygens (including phenoxy) is 2. The van der Waals surface area contributed by atoms with Gasteiger partial charge in [-0.25, -0.2) is 27.3 Å². The van der Waals surface area contributed by atoms with Gasteiger partial charge in [-0.05, 0) is 45.0 Å². The van der Waals surface area contributed by atoms with E-state index < -0.39 is 52.4 Å². The van der Waals surface area contributed by atoms with Crippen LogP contribution in [0, 0.1) is 23.3 Å². The second-order valence-electron chi connectivity index (χ2n) is 10.7. The Morgan fingerprint density at radius 1 is 0.951 bits per heavy atom. The number of likely N-dealkylation sites (tertiary alicyclic amines) is 1. The summed E-state index contributed by atoms with van der Waals surface area (Å²) in [6.45, 7) is 5.96. The molecule has 1 N–H and O–H groups in total. The van der Waals surface area contributed by atoms with Crippen LogP contribution in [0.1, 0.15) is 33.6 Å². The minimum absolute atomic E-state index is 0.000830. The summed E-state index contributed by atoms with van der Waals surface area (Å²) in [6, 6.07) is 6.10. The molecule has 2 aromatic carbocycles. The third-order valence-corrected chi connectivity index (χ3v) is 6.64. The van der Waals surface area contributed by atoms with Crippen molar-refractivity contribution in [3.05, 3.63) is 72.1 Å². The lowest BCUT2D eigenvalue weighted by atomic mass is 9.93. The largest absolute Gasteiger partial charge is 0.503 e. The number of fused-ring (bicyclic) bond motifs is 1. The summed E-state index contributed by atoms with van der Waals surface area (Å²) < 4.78 is 70.2. The summed E-state index contributed by atoms with van der Waals surface area (Å²) in [5, 5.41) is 11.4. The van der Waals surface area contributed by atoms with Crippen molar-refractivity contribution in [2.45, 2.75) is 45.3 Å². The summed E-state index contributed by atoms with van der Waals surface area (Å²) >= 11 is 0. The number of carbonyl (C=O) groups is 1. The molecule has 0 saturated carbocycles. The van der Waals surface area contributed by atoms with Crippen molar-refractivity contribution >= 4 is 17.0 Å². The molecule has 0 bridgehead atoms. The minimum Gasteiger partial charge on any atom is -0.503 e. The van der Waals surface area contributed by atoms with Crippen molar-refractivity contribution in [1.82, 2.24) is 14.9 Å². The molecule has 1 saturated heterocycles. The summed E-state index contributed by atoms with van der Waals surface area (Å²) in [7, 11) is 0. The van der Waals surface area contributed by atoms with E-state index in [0.29, 0.717) is 32.0 Å². The maximum Gasteiger partial charge on any atom is 0.410 e. The van der Waals surface area contributed by atoms with E-state index in [0.717, 1.165) is 18.2 Å². The molecule has 41 heavy (non-hydrogen) atoms. The number of pyridine rings is 2. The van der Waals surface area contributed by atoms with Gasteiger partial charge in [0.15, 0.2) is 5.75 Å². The van der Waals surface area contributed by atoms with E-state index in [1.54, 1.807) is 25.7 Å². The molecule has 214 valence electrons. The minimum atomic E-state index is -0.980. The molecular weight excluding hydrogens is 542 g/mol. The van der Waals surface area contributed by atoms with Crippen molar-refractivity contribution < 1.29 is 36.9 Å². The average molecular weight is 570 g/mol. The highest BCUT2D eigenvalue weighted by atomic mass is 19.1. The molecule has 7 nitrogen and oxygen atoms in total. The monoisotopic (exact) mass is 569 g/mol. The molecular formula is C30H27F4N3O4. The van der Waals surface area contributed by atoms with Crippen molar-refractivity contribution in [3.63, 3.8) is 0 Å². The molecule has 0 aliphatic carbocycles. The highest BCUT2D eigenvalue weighted by Crippen LogP contribution is 2.47. The van der Waals surface area contributed by atoms with Crippen LogP contribution in [-0.4, -0.2) is 50.9 Å². The molecule has 0 atom stereocenters. The standard InChI is InChI=1S/C30H27F4N3O4/c1-30(2,3)41-29(39)37-11-9-17(10-12-37)40-28-27(38)26(25-20(32)5-4-6-21(25)33)24-19(14-35-15-23(24)36-28)18-8-7-16(31)13-22(18)34/h4-8,13-15,17,38H,9-12H2,1-3H3. The van der Waals surface area contributed by atoms with Crippen molar-refractivity contribution in [3.8, 4) is 33.9 Å². The van der Waals surface area contributed by atoms with Gasteiger partial charge in [-0.15, -0.1) is 0 Å². The van der Waals surface area contributed by atoms with E-state index >= 15 is 8.78 Å². The maximum absolute atomic E-state index is 15.1. The van der Waals surface area contributed by atoms with Crippen LogP contribution in [0.15, 0.2) is 48.8 Å². The van der Waals surface area contributed by atoms with Crippen molar-refractivity contribution in [2.75, 3.05) is 13.1 Å². The lowest BCUT2D eigenvalue weighted by molar-refractivity contribution is 0.0121. The van der Waals surface area contributed by atoms with E-state index in [1.165, 1.54) is 24.5 Å². The van der Waals surface area contributed by atoms with Gasteiger partial charge in [-0.2, -0.15) is 0 Å². The van der Waals surface area contributed by atoms with Gasteiger partial charge in [0.2, 0.25) is 0 Å². The molecule has 1 aliphatic rings. The number of piperidine rings is 1. The molecule has 2 aromatic heterocycles. The van der Waals surface area contributed by atoms with Crippen molar-refractivity contribution in [2.24, 2.45) is 0 Å². The Balaban J connectivity index is 1.58. The third kappa shape index (κ3) is 5.75. The molecule has 3 heterocycles. The summed E-state index contributed by atoms with van der Waals surface area (Å²) in [6.07, 6.45) is 2.34. The van der Waals surface area contributed by atoms with Gasteiger partial charge < -0.3 is 19.5 Å². The molecule has 5 rings (SSSR count). The average Bonchev–Trinajstić information content (AvgIpc) is 2.89. The molecule has 0 radical (unpaired) electrons. The first kappa shape index (κ1) is 28.1. The van der Waals surface area contributed by atoms with Gasteiger partial charge in [0, 0.05) is 60.3 Å². The summed E-state index contributed by atoms with van der Waals surface area (Å²) in [4.78, 5) is 22.4. The maximum atomic E-state index is 15.1. The number of carbonyl (C=O) groups excluding carboxylic acids is 1. The fourth-order valence-electron chi connectivity index (χ4n) is 4.80.